The number of benzene rings is 1. The summed E-state index contributed by atoms with van der Waals surface area (Å²) in [5.74, 6) is -0.159. The molecule has 1 heterocycles. The number of amides is 1. The van der Waals surface area contributed by atoms with Gasteiger partial charge in [0.2, 0.25) is 5.91 Å². The molecule has 0 saturated heterocycles. The number of halogens is 1. The number of hydrazone groups is 1. The molecule has 0 fully saturated rings. The average Bonchev–Trinajstić information content (AvgIpc) is 2.78. The lowest BCUT2D eigenvalue weighted by Gasteiger charge is -2.01. The Bertz CT molecular complexity index is 587. The van der Waals surface area contributed by atoms with Crippen LogP contribution in [0.2, 0.25) is 5.02 Å². The summed E-state index contributed by atoms with van der Waals surface area (Å²) < 4.78 is 1.91. The Labute approximate surface area is 116 Å². The summed E-state index contributed by atoms with van der Waals surface area (Å²) in [4.78, 5) is 11.6. The fourth-order valence-corrected chi connectivity index (χ4v) is 1.73. The van der Waals surface area contributed by atoms with Crippen molar-refractivity contribution in [3.8, 4) is 0 Å². The third-order valence-electron chi connectivity index (χ3n) is 2.65. The van der Waals surface area contributed by atoms with E-state index >= 15 is 0 Å². The number of hydrogen-bond donors (Lipinski definition) is 1. The van der Waals surface area contributed by atoms with Crippen LogP contribution in [0, 0.1) is 0 Å². The fraction of sp³-hybridized carbons (Fsp3) is 0.143. The van der Waals surface area contributed by atoms with Crippen LogP contribution in [-0.4, -0.2) is 16.7 Å². The van der Waals surface area contributed by atoms with E-state index in [1.54, 1.807) is 18.3 Å². The lowest BCUT2D eigenvalue weighted by molar-refractivity contribution is -0.120. The van der Waals surface area contributed by atoms with Gasteiger partial charge in [-0.25, -0.2) is 5.43 Å². The Balaban J connectivity index is 1.86. The number of aromatic nitrogens is 1. The number of carbonyl (C=O) groups excluding carboxylic acids is 1. The lowest BCUT2D eigenvalue weighted by atomic mass is 10.1. The van der Waals surface area contributed by atoms with Crippen LogP contribution in [0.15, 0.2) is 47.7 Å². The summed E-state index contributed by atoms with van der Waals surface area (Å²) in [6.07, 6.45) is 3.80. The van der Waals surface area contributed by atoms with E-state index in [2.05, 4.69) is 10.5 Å². The fourth-order valence-electron chi connectivity index (χ4n) is 1.61. The van der Waals surface area contributed by atoms with E-state index in [1.165, 1.54) is 0 Å². The molecule has 1 amide bonds. The van der Waals surface area contributed by atoms with Gasteiger partial charge >= 0.3 is 0 Å². The summed E-state index contributed by atoms with van der Waals surface area (Å²) in [6, 6.07) is 11.0. The summed E-state index contributed by atoms with van der Waals surface area (Å²) in [5.41, 5.74) is 4.32. The van der Waals surface area contributed by atoms with E-state index in [-0.39, 0.29) is 12.3 Å². The first-order valence-electron chi connectivity index (χ1n) is 5.83. The predicted octanol–water partition coefficient (Wildman–Crippen LogP) is 2.37. The molecule has 0 unspecified atom stereocenters. The smallest absolute Gasteiger partial charge is 0.244 e. The molecule has 4 nitrogen and oxygen atoms in total. The van der Waals surface area contributed by atoms with Crippen molar-refractivity contribution in [2.45, 2.75) is 6.42 Å². The Hall–Kier alpha value is -2.07. The molecule has 1 aromatic heterocycles. The van der Waals surface area contributed by atoms with Gasteiger partial charge in [0, 0.05) is 18.3 Å². The number of nitrogens with zero attached hydrogens (tertiary/aromatic N) is 2. The van der Waals surface area contributed by atoms with E-state index in [9.17, 15) is 4.79 Å². The maximum Gasteiger partial charge on any atom is 0.244 e. The van der Waals surface area contributed by atoms with Crippen LogP contribution >= 0.6 is 11.6 Å². The third-order valence-corrected chi connectivity index (χ3v) is 2.90. The molecule has 0 aliphatic carbocycles. The topological polar surface area (TPSA) is 46.4 Å². The molecule has 1 N–H and O–H groups in total. The van der Waals surface area contributed by atoms with E-state index in [0.717, 1.165) is 11.3 Å². The van der Waals surface area contributed by atoms with Crippen molar-refractivity contribution in [2.75, 3.05) is 0 Å². The first-order chi connectivity index (χ1) is 9.15. The summed E-state index contributed by atoms with van der Waals surface area (Å²) in [7, 11) is 1.91. The zero-order valence-corrected chi connectivity index (χ0v) is 11.3. The highest BCUT2D eigenvalue weighted by atomic mass is 35.5. The molecule has 5 heteroatoms. The zero-order valence-electron chi connectivity index (χ0n) is 10.5. The molecule has 0 atom stereocenters. The normalized spacial score (nSPS) is 10.8. The second-order valence-corrected chi connectivity index (χ2v) is 4.58. The molecule has 0 radical (unpaired) electrons. The summed E-state index contributed by atoms with van der Waals surface area (Å²) in [5, 5.41) is 4.58. The lowest BCUT2D eigenvalue weighted by Crippen LogP contribution is -2.19. The second-order valence-electron chi connectivity index (χ2n) is 4.14. The predicted molar refractivity (Wildman–Crippen MR) is 76.3 cm³/mol. The molecule has 0 aliphatic rings. The van der Waals surface area contributed by atoms with Gasteiger partial charge in [-0.15, -0.1) is 0 Å². The monoisotopic (exact) mass is 275 g/mol. The second kappa shape index (κ2) is 6.20. The zero-order chi connectivity index (χ0) is 13.7. The Morgan fingerprint density at radius 3 is 2.74 bits per heavy atom. The van der Waals surface area contributed by atoms with Gasteiger partial charge in [0.15, 0.2) is 0 Å². The highest BCUT2D eigenvalue weighted by Gasteiger charge is 2.01. The summed E-state index contributed by atoms with van der Waals surface area (Å²) >= 11 is 5.78. The first kappa shape index (κ1) is 13.4. The van der Waals surface area contributed by atoms with Crippen LogP contribution in [0.5, 0.6) is 0 Å². The van der Waals surface area contributed by atoms with Gasteiger partial charge in [0.05, 0.1) is 18.3 Å². The molecule has 0 spiro atoms. The van der Waals surface area contributed by atoms with Crippen molar-refractivity contribution in [3.05, 3.63) is 58.9 Å². The van der Waals surface area contributed by atoms with Crippen molar-refractivity contribution in [1.29, 1.82) is 0 Å². The largest absolute Gasteiger partial charge is 0.350 e. The van der Waals surface area contributed by atoms with Crippen molar-refractivity contribution >= 4 is 23.7 Å². The van der Waals surface area contributed by atoms with Crippen LogP contribution in [0.1, 0.15) is 11.3 Å². The Kier molecular flexibility index (Phi) is 4.36. The minimum Gasteiger partial charge on any atom is -0.350 e. The van der Waals surface area contributed by atoms with Crippen molar-refractivity contribution in [3.63, 3.8) is 0 Å². The Morgan fingerprint density at radius 2 is 2.11 bits per heavy atom. The van der Waals surface area contributed by atoms with Gasteiger partial charge in [0.25, 0.3) is 0 Å². The molecule has 19 heavy (non-hydrogen) atoms. The van der Waals surface area contributed by atoms with Crippen molar-refractivity contribution in [1.82, 2.24) is 9.99 Å². The van der Waals surface area contributed by atoms with Crippen LogP contribution in [0.4, 0.5) is 0 Å². The number of hydrogen-bond acceptors (Lipinski definition) is 2. The molecule has 98 valence electrons. The number of rotatable bonds is 4. The standard InChI is InChI=1S/C14H14ClN3O/c1-18-8-2-3-13(18)10-16-17-14(19)9-11-4-6-12(15)7-5-11/h2-8,10H,9H2,1H3,(H,17,19)/b16-10+. The van der Waals surface area contributed by atoms with Gasteiger partial charge in [-0.3, -0.25) is 4.79 Å². The van der Waals surface area contributed by atoms with Gasteiger partial charge in [-0.05, 0) is 29.8 Å². The highest BCUT2D eigenvalue weighted by molar-refractivity contribution is 6.30. The molecular formula is C14H14ClN3O. The molecule has 0 saturated carbocycles. The van der Waals surface area contributed by atoms with E-state index in [4.69, 9.17) is 11.6 Å². The van der Waals surface area contributed by atoms with Crippen LogP contribution in [0.25, 0.3) is 0 Å². The molecule has 0 bridgehead atoms. The van der Waals surface area contributed by atoms with Gasteiger partial charge in [0.1, 0.15) is 0 Å². The minimum absolute atomic E-state index is 0.159. The maximum atomic E-state index is 11.6. The van der Waals surface area contributed by atoms with Gasteiger partial charge in [-0.2, -0.15) is 5.10 Å². The molecular weight excluding hydrogens is 262 g/mol. The SMILES string of the molecule is Cn1cccc1/C=N/NC(=O)Cc1ccc(Cl)cc1. The first-order valence-corrected chi connectivity index (χ1v) is 6.20. The third kappa shape index (κ3) is 3.96. The van der Waals surface area contributed by atoms with Gasteiger partial charge in [-0.1, -0.05) is 23.7 Å². The van der Waals surface area contributed by atoms with E-state index in [1.807, 2.05) is 42.1 Å². The number of aryl methyl sites for hydroxylation is 1. The number of carbonyl (C=O) groups is 1. The number of nitrogens with one attached hydrogen (secondary N) is 1. The molecule has 2 rings (SSSR count). The van der Waals surface area contributed by atoms with Crippen LogP contribution in [0.3, 0.4) is 0 Å². The minimum atomic E-state index is -0.159. The quantitative estimate of drug-likeness (QED) is 0.676. The maximum absolute atomic E-state index is 11.6. The van der Waals surface area contributed by atoms with Crippen molar-refractivity contribution in [2.24, 2.45) is 12.1 Å². The molecule has 0 aliphatic heterocycles. The molecule has 1 aromatic carbocycles. The molecule has 2 aromatic rings. The average molecular weight is 276 g/mol. The van der Waals surface area contributed by atoms with Crippen molar-refractivity contribution < 1.29 is 4.79 Å². The Morgan fingerprint density at radius 1 is 1.37 bits per heavy atom. The van der Waals surface area contributed by atoms with Crippen LogP contribution < -0.4 is 5.43 Å². The van der Waals surface area contributed by atoms with E-state index in [0.29, 0.717) is 5.02 Å². The summed E-state index contributed by atoms with van der Waals surface area (Å²) in [6.45, 7) is 0. The van der Waals surface area contributed by atoms with Gasteiger partial charge < -0.3 is 4.57 Å². The highest BCUT2D eigenvalue weighted by Crippen LogP contribution is 2.09. The van der Waals surface area contributed by atoms with E-state index < -0.39 is 0 Å². The van der Waals surface area contributed by atoms with Crippen LogP contribution in [-0.2, 0) is 18.3 Å².